The van der Waals surface area contributed by atoms with Gasteiger partial charge in [-0.05, 0) is 54.4 Å². The summed E-state index contributed by atoms with van der Waals surface area (Å²) in [6.45, 7) is 2.56. The third-order valence-electron chi connectivity index (χ3n) is 5.90. The summed E-state index contributed by atoms with van der Waals surface area (Å²) >= 11 is 0. The Labute approximate surface area is 210 Å². The highest BCUT2D eigenvalue weighted by atomic mass is 16.5. The van der Waals surface area contributed by atoms with Crippen molar-refractivity contribution in [1.82, 2.24) is 10.3 Å². The Kier molecular flexibility index (Phi) is 6.90. The molecule has 5 rings (SSSR count). The van der Waals surface area contributed by atoms with Gasteiger partial charge in [0.25, 0.3) is 5.91 Å². The van der Waals surface area contributed by atoms with Gasteiger partial charge in [0, 0.05) is 11.1 Å². The van der Waals surface area contributed by atoms with Crippen LogP contribution in [0, 0.1) is 0 Å². The van der Waals surface area contributed by atoms with Gasteiger partial charge in [-0.25, -0.2) is 4.98 Å². The maximum Gasteiger partial charge on any atom is 0.252 e. The van der Waals surface area contributed by atoms with Gasteiger partial charge in [0.05, 0.1) is 24.4 Å². The maximum atomic E-state index is 13.6. The normalized spacial score (nSPS) is 10.8. The van der Waals surface area contributed by atoms with E-state index in [-0.39, 0.29) is 11.9 Å². The smallest absolute Gasteiger partial charge is 0.252 e. The van der Waals surface area contributed by atoms with E-state index in [1.807, 2.05) is 110 Å². The van der Waals surface area contributed by atoms with E-state index in [1.165, 1.54) is 0 Å². The molecule has 1 amide bonds. The summed E-state index contributed by atoms with van der Waals surface area (Å²) in [5.74, 6) is 1.61. The summed E-state index contributed by atoms with van der Waals surface area (Å²) in [4.78, 5) is 18.1. The molecule has 0 atom stereocenters. The summed E-state index contributed by atoms with van der Waals surface area (Å²) in [5.41, 5.74) is 4.01. The van der Waals surface area contributed by atoms with E-state index in [1.54, 1.807) is 12.3 Å². The zero-order valence-corrected chi connectivity index (χ0v) is 19.9. The Morgan fingerprint density at radius 1 is 0.833 bits per heavy atom. The molecule has 1 N–H and O–H groups in total. The average Bonchev–Trinajstić information content (AvgIpc) is 3.43. The van der Waals surface area contributed by atoms with Gasteiger partial charge in [0.1, 0.15) is 5.75 Å². The molecule has 5 aromatic rings. The second kappa shape index (κ2) is 10.7. The quantitative estimate of drug-likeness (QED) is 0.265. The summed E-state index contributed by atoms with van der Waals surface area (Å²) in [6.07, 6.45) is 1.68. The van der Waals surface area contributed by atoms with Crippen molar-refractivity contribution in [3.05, 3.63) is 132 Å². The van der Waals surface area contributed by atoms with E-state index in [0.29, 0.717) is 29.4 Å². The standard InChI is InChI=1S/C31H26N2O3/c1-2-35-25-19-17-22(18-20-25)28-21-32-31(36-28)27-16-10-9-15-26(27)30(34)33-29(23-11-5-3-6-12-23)24-13-7-4-8-14-24/h3-21,29H,2H2,1H3,(H,33,34). The van der Waals surface area contributed by atoms with Crippen molar-refractivity contribution in [1.29, 1.82) is 0 Å². The summed E-state index contributed by atoms with van der Waals surface area (Å²) in [5, 5.41) is 3.21. The van der Waals surface area contributed by atoms with Crippen LogP contribution in [-0.2, 0) is 0 Å². The fraction of sp³-hybridized carbons (Fsp3) is 0.0968. The van der Waals surface area contributed by atoms with E-state index < -0.39 is 0 Å². The molecule has 0 radical (unpaired) electrons. The Bertz CT molecular complexity index is 1390. The number of hydrogen-bond acceptors (Lipinski definition) is 4. The van der Waals surface area contributed by atoms with Gasteiger partial charge >= 0.3 is 0 Å². The first kappa shape index (κ1) is 23.1. The second-order valence-electron chi connectivity index (χ2n) is 8.26. The Morgan fingerprint density at radius 3 is 2.08 bits per heavy atom. The average molecular weight is 475 g/mol. The number of nitrogens with one attached hydrogen (secondary N) is 1. The van der Waals surface area contributed by atoms with Gasteiger partial charge in [0.2, 0.25) is 5.89 Å². The van der Waals surface area contributed by atoms with Crippen molar-refractivity contribution in [3.8, 4) is 28.5 Å². The van der Waals surface area contributed by atoms with E-state index in [4.69, 9.17) is 9.15 Å². The van der Waals surface area contributed by atoms with Gasteiger partial charge in [-0.3, -0.25) is 4.79 Å². The van der Waals surface area contributed by atoms with Crippen LogP contribution in [0.25, 0.3) is 22.8 Å². The highest BCUT2D eigenvalue weighted by molar-refractivity contribution is 6.00. The highest BCUT2D eigenvalue weighted by Crippen LogP contribution is 2.30. The van der Waals surface area contributed by atoms with Gasteiger partial charge < -0.3 is 14.5 Å². The van der Waals surface area contributed by atoms with Crippen LogP contribution in [0.2, 0.25) is 0 Å². The number of carbonyl (C=O) groups is 1. The number of benzene rings is 4. The third kappa shape index (κ3) is 5.05. The molecule has 178 valence electrons. The largest absolute Gasteiger partial charge is 0.494 e. The molecule has 0 spiro atoms. The second-order valence-corrected chi connectivity index (χ2v) is 8.26. The van der Waals surface area contributed by atoms with Gasteiger partial charge in [-0.15, -0.1) is 0 Å². The molecule has 0 unspecified atom stereocenters. The highest BCUT2D eigenvalue weighted by Gasteiger charge is 2.21. The molecule has 0 bridgehead atoms. The first-order chi connectivity index (χ1) is 17.7. The van der Waals surface area contributed by atoms with E-state index in [9.17, 15) is 4.79 Å². The third-order valence-corrected chi connectivity index (χ3v) is 5.90. The van der Waals surface area contributed by atoms with E-state index in [2.05, 4.69) is 10.3 Å². The molecular formula is C31H26N2O3. The van der Waals surface area contributed by atoms with Crippen molar-refractivity contribution in [3.63, 3.8) is 0 Å². The zero-order chi connectivity index (χ0) is 24.7. The van der Waals surface area contributed by atoms with Crippen LogP contribution >= 0.6 is 0 Å². The fourth-order valence-corrected chi connectivity index (χ4v) is 4.14. The van der Waals surface area contributed by atoms with Crippen molar-refractivity contribution in [2.75, 3.05) is 6.61 Å². The predicted octanol–water partition coefficient (Wildman–Crippen LogP) is 6.93. The van der Waals surface area contributed by atoms with E-state index >= 15 is 0 Å². The number of amides is 1. The lowest BCUT2D eigenvalue weighted by molar-refractivity contribution is 0.0943. The number of ether oxygens (including phenoxy) is 1. The van der Waals surface area contributed by atoms with Gasteiger partial charge in [-0.1, -0.05) is 72.8 Å². The number of oxazole rings is 1. The van der Waals surface area contributed by atoms with Crippen molar-refractivity contribution in [2.24, 2.45) is 0 Å². The molecule has 5 nitrogen and oxygen atoms in total. The predicted molar refractivity (Wildman–Crippen MR) is 141 cm³/mol. The molecular weight excluding hydrogens is 448 g/mol. The molecule has 36 heavy (non-hydrogen) atoms. The molecule has 4 aromatic carbocycles. The lowest BCUT2D eigenvalue weighted by atomic mass is 9.97. The van der Waals surface area contributed by atoms with Crippen molar-refractivity contribution in [2.45, 2.75) is 13.0 Å². The van der Waals surface area contributed by atoms with Crippen LogP contribution in [0.3, 0.4) is 0 Å². The van der Waals surface area contributed by atoms with Crippen LogP contribution < -0.4 is 10.1 Å². The van der Waals surface area contributed by atoms with Crippen LogP contribution in [0.4, 0.5) is 0 Å². The topological polar surface area (TPSA) is 64.4 Å². The minimum atomic E-state index is -0.295. The number of aromatic nitrogens is 1. The SMILES string of the molecule is CCOc1ccc(-c2cnc(-c3ccccc3C(=O)NC(c3ccccc3)c3ccccc3)o2)cc1. The summed E-state index contributed by atoms with van der Waals surface area (Å²) < 4.78 is 11.6. The Balaban J connectivity index is 1.44. The number of rotatable bonds is 8. The Morgan fingerprint density at radius 2 is 1.44 bits per heavy atom. The first-order valence-electron chi connectivity index (χ1n) is 11.9. The minimum Gasteiger partial charge on any atom is -0.494 e. The molecule has 0 aliphatic rings. The lowest BCUT2D eigenvalue weighted by Crippen LogP contribution is -2.29. The summed E-state index contributed by atoms with van der Waals surface area (Å²) in [7, 11) is 0. The molecule has 0 aliphatic carbocycles. The molecule has 5 heteroatoms. The van der Waals surface area contributed by atoms with Crippen LogP contribution in [0.1, 0.15) is 34.5 Å². The number of hydrogen-bond donors (Lipinski definition) is 1. The molecule has 1 aromatic heterocycles. The van der Waals surface area contributed by atoms with Crippen molar-refractivity contribution < 1.29 is 13.9 Å². The minimum absolute atomic E-state index is 0.205. The lowest BCUT2D eigenvalue weighted by Gasteiger charge is -2.20. The maximum absolute atomic E-state index is 13.6. The zero-order valence-electron chi connectivity index (χ0n) is 19.9. The number of nitrogens with zero attached hydrogens (tertiary/aromatic N) is 1. The van der Waals surface area contributed by atoms with Crippen LogP contribution in [-0.4, -0.2) is 17.5 Å². The van der Waals surface area contributed by atoms with Crippen LogP contribution in [0.5, 0.6) is 5.75 Å². The molecule has 0 fully saturated rings. The van der Waals surface area contributed by atoms with Crippen LogP contribution in [0.15, 0.2) is 120 Å². The van der Waals surface area contributed by atoms with Crippen molar-refractivity contribution >= 4 is 5.91 Å². The Hall–Kier alpha value is -4.64. The first-order valence-corrected chi connectivity index (χ1v) is 11.9. The summed E-state index contributed by atoms with van der Waals surface area (Å²) in [6, 6.07) is 34.6. The van der Waals surface area contributed by atoms with Gasteiger partial charge in [0.15, 0.2) is 5.76 Å². The van der Waals surface area contributed by atoms with E-state index in [0.717, 1.165) is 22.4 Å². The molecule has 0 saturated heterocycles. The number of carbonyl (C=O) groups excluding carboxylic acids is 1. The monoisotopic (exact) mass is 474 g/mol. The molecule has 0 saturated carbocycles. The molecule has 1 heterocycles. The van der Waals surface area contributed by atoms with Gasteiger partial charge in [-0.2, -0.15) is 0 Å². The fourth-order valence-electron chi connectivity index (χ4n) is 4.14. The molecule has 0 aliphatic heterocycles.